The van der Waals surface area contributed by atoms with E-state index >= 15 is 0 Å². The number of hydrogen-bond acceptors (Lipinski definition) is 5. The van der Waals surface area contributed by atoms with E-state index in [4.69, 9.17) is 9.47 Å². The molecule has 6 nitrogen and oxygen atoms in total. The lowest BCUT2D eigenvalue weighted by molar-refractivity contribution is -0.149. The molecule has 0 saturated carbocycles. The fourth-order valence-electron chi connectivity index (χ4n) is 2.11. The van der Waals surface area contributed by atoms with Crippen LogP contribution in [-0.2, 0) is 20.5 Å². The molecule has 9 heteroatoms. The zero-order valence-corrected chi connectivity index (χ0v) is 14.7. The van der Waals surface area contributed by atoms with Crippen molar-refractivity contribution in [1.82, 2.24) is 0 Å². The molecular formula is C19H16F3NO5. The van der Waals surface area contributed by atoms with Gasteiger partial charge in [-0.1, -0.05) is 18.2 Å². The quantitative estimate of drug-likeness (QED) is 0.574. The Labute approximate surface area is 158 Å². The number of ether oxygens (including phenoxy) is 2. The van der Waals surface area contributed by atoms with Gasteiger partial charge in [-0.3, -0.25) is 9.59 Å². The highest BCUT2D eigenvalue weighted by Crippen LogP contribution is 2.30. The molecule has 1 amide bonds. The maximum absolute atomic E-state index is 12.6. The van der Waals surface area contributed by atoms with Crippen molar-refractivity contribution in [1.29, 1.82) is 0 Å². The normalized spacial score (nSPS) is 10.9. The van der Waals surface area contributed by atoms with Gasteiger partial charge in [-0.15, -0.1) is 0 Å². The van der Waals surface area contributed by atoms with Gasteiger partial charge in [0.15, 0.2) is 19.0 Å². The van der Waals surface area contributed by atoms with Crippen molar-refractivity contribution in [3.8, 4) is 5.75 Å². The average Bonchev–Trinajstić information content (AvgIpc) is 2.64. The number of carbonyl (C=O) groups excluding carboxylic acids is 3. The van der Waals surface area contributed by atoms with Crippen LogP contribution in [0.2, 0.25) is 0 Å². The number of ketones is 1. The molecule has 0 spiro atoms. The average molecular weight is 395 g/mol. The number of rotatable bonds is 7. The largest absolute Gasteiger partial charge is 0.482 e. The number of alkyl halides is 3. The van der Waals surface area contributed by atoms with Crippen LogP contribution >= 0.6 is 0 Å². The Morgan fingerprint density at radius 3 is 2.39 bits per heavy atom. The molecule has 1 N–H and O–H groups in total. The van der Waals surface area contributed by atoms with Crippen LogP contribution in [-0.4, -0.2) is 30.9 Å². The van der Waals surface area contributed by atoms with E-state index in [1.165, 1.54) is 19.1 Å². The zero-order chi connectivity index (χ0) is 20.7. The molecule has 0 aromatic heterocycles. The van der Waals surface area contributed by atoms with Gasteiger partial charge >= 0.3 is 12.1 Å². The van der Waals surface area contributed by atoms with Crippen molar-refractivity contribution in [3.63, 3.8) is 0 Å². The molecule has 2 rings (SSSR count). The van der Waals surface area contributed by atoms with E-state index in [-0.39, 0.29) is 17.2 Å². The molecule has 0 aliphatic carbocycles. The summed E-state index contributed by atoms with van der Waals surface area (Å²) in [5.74, 6) is -1.55. The number of halogens is 3. The van der Waals surface area contributed by atoms with Gasteiger partial charge in [0, 0.05) is 11.3 Å². The Balaban J connectivity index is 1.80. The first-order valence-electron chi connectivity index (χ1n) is 8.01. The number of anilines is 1. The third kappa shape index (κ3) is 6.42. The molecule has 0 radical (unpaired) electrons. The highest BCUT2D eigenvalue weighted by Gasteiger charge is 2.30. The zero-order valence-electron chi connectivity index (χ0n) is 14.7. The third-order valence-corrected chi connectivity index (χ3v) is 3.44. The standard InChI is InChI=1S/C19H16F3NO5/c1-12(24)13-4-2-7-16(8-13)27-11-18(26)28-10-17(25)23-15-6-3-5-14(9-15)19(20,21)22/h2-9H,10-11H2,1H3,(H,23,25). The number of amides is 1. The summed E-state index contributed by atoms with van der Waals surface area (Å²) in [5.41, 5.74) is -0.581. The van der Waals surface area contributed by atoms with Gasteiger partial charge in [0.25, 0.3) is 5.91 Å². The molecule has 0 saturated heterocycles. The third-order valence-electron chi connectivity index (χ3n) is 3.44. The van der Waals surface area contributed by atoms with Crippen LogP contribution < -0.4 is 10.1 Å². The minimum Gasteiger partial charge on any atom is -0.482 e. The number of Topliss-reactive ketones (excluding diaryl/α,β-unsaturated/α-hetero) is 1. The predicted molar refractivity (Wildman–Crippen MR) is 93.0 cm³/mol. The van der Waals surface area contributed by atoms with E-state index in [1.807, 2.05) is 0 Å². The summed E-state index contributed by atoms with van der Waals surface area (Å²) >= 11 is 0. The van der Waals surface area contributed by atoms with Crippen molar-refractivity contribution in [2.24, 2.45) is 0 Å². The Kier molecular flexibility index (Phi) is 6.75. The summed E-state index contributed by atoms with van der Waals surface area (Å²) in [6.07, 6.45) is -4.54. The van der Waals surface area contributed by atoms with Crippen molar-refractivity contribution in [3.05, 3.63) is 59.7 Å². The van der Waals surface area contributed by atoms with Crippen LogP contribution in [0.1, 0.15) is 22.8 Å². The minimum absolute atomic E-state index is 0.0758. The summed E-state index contributed by atoms with van der Waals surface area (Å²) in [6.45, 7) is 0.195. The Morgan fingerprint density at radius 1 is 1.00 bits per heavy atom. The fourth-order valence-corrected chi connectivity index (χ4v) is 2.11. The Morgan fingerprint density at radius 2 is 1.71 bits per heavy atom. The lowest BCUT2D eigenvalue weighted by atomic mass is 10.1. The molecular weight excluding hydrogens is 379 g/mol. The first kappa shape index (κ1) is 20.9. The second kappa shape index (κ2) is 9.03. The molecule has 0 heterocycles. The van der Waals surface area contributed by atoms with Crippen molar-refractivity contribution >= 4 is 23.3 Å². The number of carbonyl (C=O) groups is 3. The summed E-state index contributed by atoms with van der Waals surface area (Å²) in [7, 11) is 0. The van der Waals surface area contributed by atoms with E-state index in [9.17, 15) is 27.6 Å². The van der Waals surface area contributed by atoms with Gasteiger partial charge in [0.1, 0.15) is 5.75 Å². The maximum atomic E-state index is 12.6. The smallest absolute Gasteiger partial charge is 0.416 e. The molecule has 2 aromatic rings. The molecule has 28 heavy (non-hydrogen) atoms. The van der Waals surface area contributed by atoms with Crippen LogP contribution in [0.15, 0.2) is 48.5 Å². The van der Waals surface area contributed by atoms with Crippen LogP contribution in [0.5, 0.6) is 5.75 Å². The molecule has 0 fully saturated rings. The van der Waals surface area contributed by atoms with Gasteiger partial charge in [-0.25, -0.2) is 4.79 Å². The SMILES string of the molecule is CC(=O)c1cccc(OCC(=O)OCC(=O)Nc2cccc(C(F)(F)F)c2)c1. The number of benzene rings is 2. The number of esters is 1. The lowest BCUT2D eigenvalue weighted by Gasteiger charge is -2.10. The summed E-state index contributed by atoms with van der Waals surface area (Å²) in [6, 6.07) is 10.2. The number of nitrogens with one attached hydrogen (secondary N) is 1. The monoisotopic (exact) mass is 395 g/mol. The summed E-state index contributed by atoms with van der Waals surface area (Å²) < 4.78 is 47.8. The van der Waals surface area contributed by atoms with E-state index < -0.39 is 36.8 Å². The topological polar surface area (TPSA) is 81.7 Å². The first-order valence-corrected chi connectivity index (χ1v) is 8.01. The molecule has 0 unspecified atom stereocenters. The van der Waals surface area contributed by atoms with Gasteiger partial charge in [0.2, 0.25) is 0 Å². The van der Waals surface area contributed by atoms with Gasteiger partial charge < -0.3 is 14.8 Å². The van der Waals surface area contributed by atoms with Gasteiger partial charge in [0.05, 0.1) is 5.56 Å². The molecule has 2 aromatic carbocycles. The van der Waals surface area contributed by atoms with E-state index in [0.29, 0.717) is 5.56 Å². The molecule has 0 aliphatic heterocycles. The second-order valence-electron chi connectivity index (χ2n) is 5.66. The predicted octanol–water partition coefficient (Wildman–Crippen LogP) is 3.47. The molecule has 0 bridgehead atoms. The maximum Gasteiger partial charge on any atom is 0.416 e. The second-order valence-corrected chi connectivity index (χ2v) is 5.66. The summed E-state index contributed by atoms with van der Waals surface area (Å²) in [4.78, 5) is 34.6. The van der Waals surface area contributed by atoms with Crippen LogP contribution in [0, 0.1) is 0 Å². The fraction of sp³-hybridized carbons (Fsp3) is 0.211. The Hall–Kier alpha value is -3.36. The Bertz CT molecular complexity index is 880. The van der Waals surface area contributed by atoms with Crippen LogP contribution in [0.3, 0.4) is 0 Å². The first-order chi connectivity index (χ1) is 13.1. The summed E-state index contributed by atoms with van der Waals surface area (Å²) in [5, 5.41) is 2.21. The van der Waals surface area contributed by atoms with Crippen molar-refractivity contribution < 1.29 is 37.0 Å². The van der Waals surface area contributed by atoms with Gasteiger partial charge in [-0.05, 0) is 37.3 Å². The van der Waals surface area contributed by atoms with Crippen LogP contribution in [0.4, 0.5) is 18.9 Å². The lowest BCUT2D eigenvalue weighted by Crippen LogP contribution is -2.23. The van der Waals surface area contributed by atoms with Crippen molar-refractivity contribution in [2.45, 2.75) is 13.1 Å². The molecule has 0 atom stereocenters. The van der Waals surface area contributed by atoms with E-state index in [1.54, 1.807) is 18.2 Å². The highest BCUT2D eigenvalue weighted by atomic mass is 19.4. The number of hydrogen-bond donors (Lipinski definition) is 1. The highest BCUT2D eigenvalue weighted by molar-refractivity contribution is 5.94. The van der Waals surface area contributed by atoms with Crippen LogP contribution in [0.25, 0.3) is 0 Å². The van der Waals surface area contributed by atoms with E-state index in [0.717, 1.165) is 18.2 Å². The van der Waals surface area contributed by atoms with Crippen molar-refractivity contribution in [2.75, 3.05) is 18.5 Å². The van der Waals surface area contributed by atoms with Gasteiger partial charge in [-0.2, -0.15) is 13.2 Å². The molecule has 0 aliphatic rings. The molecule has 148 valence electrons. The van der Waals surface area contributed by atoms with E-state index in [2.05, 4.69) is 5.32 Å². The minimum atomic E-state index is -4.54.